The fourth-order valence-electron chi connectivity index (χ4n) is 1.63. The Balaban J connectivity index is 2.59. The molecule has 0 bridgehead atoms. The van der Waals surface area contributed by atoms with E-state index in [2.05, 4.69) is 32.2 Å². The number of nitrogens with one attached hydrogen (secondary N) is 1. The van der Waals surface area contributed by atoms with Crippen LogP contribution in [0.3, 0.4) is 0 Å². The lowest BCUT2D eigenvalue weighted by Gasteiger charge is -2.14. The normalized spacial score (nSPS) is 12.2. The van der Waals surface area contributed by atoms with E-state index in [0.717, 1.165) is 5.69 Å². The summed E-state index contributed by atoms with van der Waals surface area (Å²) >= 11 is 0. The molecule has 1 aromatic carbocycles. The molecule has 0 saturated heterocycles. The van der Waals surface area contributed by atoms with Crippen molar-refractivity contribution in [2.24, 2.45) is 5.73 Å². The van der Waals surface area contributed by atoms with Gasteiger partial charge in [0.25, 0.3) is 0 Å². The number of benzene rings is 1. The zero-order valence-corrected chi connectivity index (χ0v) is 10.6. The number of nitrogens with two attached hydrogens (primary N) is 1. The molecule has 0 aromatic heterocycles. The molecular formula is C13H20N2O2. The third kappa shape index (κ3) is 3.46. The van der Waals surface area contributed by atoms with Crippen molar-refractivity contribution >= 4 is 11.7 Å². The standard InChI is InChI=1S/C13H20N2O2/c1-8-4-5-12(10(3)9(8)2)15-7-6-11(14)13(16)17/h4-5,11,15H,6-7,14H2,1-3H3,(H,16,17). The van der Waals surface area contributed by atoms with Gasteiger partial charge in [-0.2, -0.15) is 0 Å². The Morgan fingerprint density at radius 2 is 2.00 bits per heavy atom. The molecule has 4 heteroatoms. The number of carbonyl (C=O) groups is 1. The molecule has 0 radical (unpaired) electrons. The number of hydrogen-bond acceptors (Lipinski definition) is 3. The van der Waals surface area contributed by atoms with Crippen LogP contribution in [0.5, 0.6) is 0 Å². The van der Waals surface area contributed by atoms with Crippen LogP contribution in [0.15, 0.2) is 12.1 Å². The second-order valence-electron chi connectivity index (χ2n) is 4.34. The van der Waals surface area contributed by atoms with Gasteiger partial charge in [-0.05, 0) is 49.9 Å². The van der Waals surface area contributed by atoms with E-state index in [4.69, 9.17) is 10.8 Å². The molecule has 0 saturated carbocycles. The summed E-state index contributed by atoms with van der Waals surface area (Å²) in [7, 11) is 0. The lowest BCUT2D eigenvalue weighted by atomic mass is 10.0. The molecule has 0 fully saturated rings. The van der Waals surface area contributed by atoms with Crippen molar-refractivity contribution in [3.63, 3.8) is 0 Å². The Labute approximate surface area is 102 Å². The second-order valence-corrected chi connectivity index (χ2v) is 4.34. The number of rotatable bonds is 5. The van der Waals surface area contributed by atoms with Gasteiger partial charge in [-0.3, -0.25) is 4.79 Å². The molecule has 4 nitrogen and oxygen atoms in total. The van der Waals surface area contributed by atoms with Gasteiger partial charge in [0.2, 0.25) is 0 Å². The Hall–Kier alpha value is -1.55. The van der Waals surface area contributed by atoms with Crippen LogP contribution in [-0.4, -0.2) is 23.7 Å². The predicted molar refractivity (Wildman–Crippen MR) is 69.4 cm³/mol. The van der Waals surface area contributed by atoms with Crippen molar-refractivity contribution in [1.82, 2.24) is 0 Å². The highest BCUT2D eigenvalue weighted by molar-refractivity contribution is 5.73. The van der Waals surface area contributed by atoms with Crippen LogP contribution in [0.2, 0.25) is 0 Å². The van der Waals surface area contributed by atoms with E-state index in [1.165, 1.54) is 16.7 Å². The maximum absolute atomic E-state index is 10.6. The highest BCUT2D eigenvalue weighted by atomic mass is 16.4. The third-order valence-corrected chi connectivity index (χ3v) is 3.15. The molecule has 0 aliphatic rings. The summed E-state index contributed by atoms with van der Waals surface area (Å²) in [5, 5.41) is 11.9. The van der Waals surface area contributed by atoms with Crippen LogP contribution in [0.25, 0.3) is 0 Å². The number of anilines is 1. The van der Waals surface area contributed by atoms with Gasteiger partial charge in [-0.15, -0.1) is 0 Å². The molecule has 1 unspecified atom stereocenters. The summed E-state index contributed by atoms with van der Waals surface area (Å²) in [5.41, 5.74) is 10.2. The van der Waals surface area contributed by atoms with E-state index in [-0.39, 0.29) is 0 Å². The average molecular weight is 236 g/mol. The largest absolute Gasteiger partial charge is 0.480 e. The zero-order chi connectivity index (χ0) is 13.0. The minimum Gasteiger partial charge on any atom is -0.480 e. The molecule has 4 N–H and O–H groups in total. The van der Waals surface area contributed by atoms with E-state index in [1.54, 1.807) is 0 Å². The number of hydrogen-bond donors (Lipinski definition) is 3. The van der Waals surface area contributed by atoms with Gasteiger partial charge in [-0.25, -0.2) is 0 Å². The summed E-state index contributed by atoms with van der Waals surface area (Å²) in [6.45, 7) is 6.78. The van der Waals surface area contributed by atoms with Crippen LogP contribution in [0.1, 0.15) is 23.1 Å². The minimum atomic E-state index is -0.955. The Morgan fingerprint density at radius 1 is 1.35 bits per heavy atom. The summed E-state index contributed by atoms with van der Waals surface area (Å²) in [6.07, 6.45) is 0.418. The van der Waals surface area contributed by atoms with Crippen molar-refractivity contribution in [2.75, 3.05) is 11.9 Å². The summed E-state index contributed by atoms with van der Waals surface area (Å²) in [4.78, 5) is 10.6. The van der Waals surface area contributed by atoms with Crippen molar-refractivity contribution in [1.29, 1.82) is 0 Å². The summed E-state index contributed by atoms with van der Waals surface area (Å²) in [5.74, 6) is -0.955. The minimum absolute atomic E-state index is 0.418. The van der Waals surface area contributed by atoms with Gasteiger partial charge in [0.1, 0.15) is 6.04 Å². The fraction of sp³-hybridized carbons (Fsp3) is 0.462. The van der Waals surface area contributed by atoms with Crippen molar-refractivity contribution < 1.29 is 9.90 Å². The van der Waals surface area contributed by atoms with Crippen LogP contribution < -0.4 is 11.1 Å². The van der Waals surface area contributed by atoms with E-state index in [9.17, 15) is 4.79 Å². The Bertz CT molecular complexity index is 416. The average Bonchev–Trinajstić information content (AvgIpc) is 2.28. The van der Waals surface area contributed by atoms with Crippen LogP contribution in [-0.2, 0) is 4.79 Å². The molecule has 0 aliphatic carbocycles. The smallest absolute Gasteiger partial charge is 0.320 e. The molecule has 1 aromatic rings. The first-order valence-corrected chi connectivity index (χ1v) is 5.72. The Kier molecular flexibility index (Phi) is 4.52. The van der Waals surface area contributed by atoms with Gasteiger partial charge in [0.15, 0.2) is 0 Å². The maximum atomic E-state index is 10.6. The third-order valence-electron chi connectivity index (χ3n) is 3.15. The van der Waals surface area contributed by atoms with Crippen molar-refractivity contribution in [2.45, 2.75) is 33.2 Å². The van der Waals surface area contributed by atoms with E-state index < -0.39 is 12.0 Å². The highest BCUT2D eigenvalue weighted by Gasteiger charge is 2.10. The topological polar surface area (TPSA) is 75.3 Å². The SMILES string of the molecule is Cc1ccc(NCCC(N)C(=O)O)c(C)c1C. The molecule has 94 valence electrons. The molecule has 0 spiro atoms. The fourth-order valence-corrected chi connectivity index (χ4v) is 1.63. The summed E-state index contributed by atoms with van der Waals surface area (Å²) < 4.78 is 0. The van der Waals surface area contributed by atoms with Gasteiger partial charge in [0, 0.05) is 12.2 Å². The lowest BCUT2D eigenvalue weighted by Crippen LogP contribution is -2.32. The first-order chi connectivity index (χ1) is 7.93. The monoisotopic (exact) mass is 236 g/mol. The van der Waals surface area contributed by atoms with Crippen molar-refractivity contribution in [3.05, 3.63) is 28.8 Å². The highest BCUT2D eigenvalue weighted by Crippen LogP contribution is 2.21. The van der Waals surface area contributed by atoms with E-state index in [1.807, 2.05) is 6.07 Å². The molecular weight excluding hydrogens is 216 g/mol. The second kappa shape index (κ2) is 5.68. The lowest BCUT2D eigenvalue weighted by molar-refractivity contribution is -0.138. The van der Waals surface area contributed by atoms with Gasteiger partial charge < -0.3 is 16.2 Å². The van der Waals surface area contributed by atoms with E-state index >= 15 is 0 Å². The zero-order valence-electron chi connectivity index (χ0n) is 10.6. The first kappa shape index (κ1) is 13.5. The number of carboxylic acid groups (broad SMARTS) is 1. The Morgan fingerprint density at radius 3 is 2.59 bits per heavy atom. The van der Waals surface area contributed by atoms with Crippen LogP contribution in [0.4, 0.5) is 5.69 Å². The molecule has 1 rings (SSSR count). The van der Waals surface area contributed by atoms with Crippen molar-refractivity contribution in [3.8, 4) is 0 Å². The number of aryl methyl sites for hydroxylation is 1. The van der Waals surface area contributed by atoms with Gasteiger partial charge >= 0.3 is 5.97 Å². The summed E-state index contributed by atoms with van der Waals surface area (Å²) in [6, 6.07) is 3.28. The molecule has 17 heavy (non-hydrogen) atoms. The molecule has 1 atom stereocenters. The molecule has 0 aliphatic heterocycles. The number of aliphatic carboxylic acids is 1. The van der Waals surface area contributed by atoms with Crippen LogP contribution >= 0.6 is 0 Å². The van der Waals surface area contributed by atoms with Gasteiger partial charge in [0.05, 0.1) is 0 Å². The van der Waals surface area contributed by atoms with Crippen LogP contribution in [0, 0.1) is 20.8 Å². The quantitative estimate of drug-likeness (QED) is 0.729. The first-order valence-electron chi connectivity index (χ1n) is 5.72. The predicted octanol–water partition coefficient (Wildman–Crippen LogP) is 1.83. The number of carboxylic acids is 1. The van der Waals surface area contributed by atoms with Gasteiger partial charge in [-0.1, -0.05) is 6.07 Å². The molecule has 0 heterocycles. The van der Waals surface area contributed by atoms with E-state index in [0.29, 0.717) is 13.0 Å². The maximum Gasteiger partial charge on any atom is 0.320 e. The molecule has 0 amide bonds.